The van der Waals surface area contributed by atoms with Gasteiger partial charge in [0.15, 0.2) is 17.4 Å². The molecule has 0 unspecified atom stereocenters. The Labute approximate surface area is 197 Å². The molecule has 1 amide bonds. The van der Waals surface area contributed by atoms with E-state index in [2.05, 4.69) is 20.2 Å². The fourth-order valence-corrected chi connectivity index (χ4v) is 4.02. The van der Waals surface area contributed by atoms with Crippen LogP contribution in [0.5, 0.6) is 11.5 Å². The number of benzene rings is 1. The van der Waals surface area contributed by atoms with Gasteiger partial charge in [-0.15, -0.1) is 0 Å². The van der Waals surface area contributed by atoms with Crippen LogP contribution in [0.1, 0.15) is 25.5 Å². The molecule has 4 rings (SSSR count). The van der Waals surface area contributed by atoms with Crippen molar-refractivity contribution < 1.29 is 24.2 Å². The van der Waals surface area contributed by atoms with E-state index < -0.39 is 23.8 Å². The summed E-state index contributed by atoms with van der Waals surface area (Å²) in [6.07, 6.45) is 3.41. The molecule has 34 heavy (non-hydrogen) atoms. The minimum absolute atomic E-state index is 0.0259. The van der Waals surface area contributed by atoms with Crippen LogP contribution in [0.3, 0.4) is 0 Å². The molecule has 0 spiro atoms. The molecule has 0 saturated carbocycles. The van der Waals surface area contributed by atoms with Crippen LogP contribution in [0.2, 0.25) is 0 Å². The van der Waals surface area contributed by atoms with Crippen LogP contribution in [0.25, 0.3) is 0 Å². The van der Waals surface area contributed by atoms with E-state index >= 15 is 0 Å². The van der Waals surface area contributed by atoms with Gasteiger partial charge in [-0.25, -0.2) is 15.0 Å². The molecule has 2 N–H and O–H groups in total. The lowest BCUT2D eigenvalue weighted by molar-refractivity contribution is -0.153. The maximum absolute atomic E-state index is 13.1. The molecule has 1 aromatic carbocycles. The Hall–Kier alpha value is -3.89. The third kappa shape index (κ3) is 4.87. The summed E-state index contributed by atoms with van der Waals surface area (Å²) in [7, 11) is 0. The number of aromatic hydroxyl groups is 1. The molecule has 2 atom stereocenters. The average Bonchev–Trinajstić information content (AvgIpc) is 2.86. The number of carbonyl (C=O) groups excluding carboxylic acids is 2. The third-order valence-electron chi connectivity index (χ3n) is 5.67. The predicted molar refractivity (Wildman–Crippen MR) is 124 cm³/mol. The van der Waals surface area contributed by atoms with Crippen LogP contribution in [0.4, 0.5) is 5.95 Å². The van der Waals surface area contributed by atoms with Gasteiger partial charge in [0, 0.05) is 38.6 Å². The van der Waals surface area contributed by atoms with Crippen molar-refractivity contribution in [1.29, 1.82) is 0 Å². The van der Waals surface area contributed by atoms with Crippen molar-refractivity contribution in [3.63, 3.8) is 0 Å². The van der Waals surface area contributed by atoms with Crippen molar-refractivity contribution in [2.75, 3.05) is 44.3 Å². The summed E-state index contributed by atoms with van der Waals surface area (Å²) < 4.78 is 10.7. The molecule has 2 aromatic rings. The summed E-state index contributed by atoms with van der Waals surface area (Å²) >= 11 is 0. The number of piperazine rings is 1. The van der Waals surface area contributed by atoms with Crippen molar-refractivity contribution in [1.82, 2.24) is 20.2 Å². The first-order chi connectivity index (χ1) is 16.5. The van der Waals surface area contributed by atoms with Gasteiger partial charge in [0.1, 0.15) is 6.04 Å². The first-order valence-corrected chi connectivity index (χ1v) is 11.3. The summed E-state index contributed by atoms with van der Waals surface area (Å²) in [5, 5.41) is 12.9. The standard InChI is InChI=1S/C23H28N6O5/c1-3-33-17-14-15(6-7-16(17)30)19-18(21(32)34-4-2)20(31)27-23(26-19)29-12-10-28(11-13-29)22-24-8-5-9-25-22/h5-9,14,18-19,30H,3-4,10-13H2,1-2H3,(H,26,27,31)/t18-,19-/m1/s1. The maximum Gasteiger partial charge on any atom is 0.321 e. The number of nitrogens with zero attached hydrogens (tertiary/aromatic N) is 5. The molecule has 11 heteroatoms. The Balaban J connectivity index is 1.61. The molecule has 11 nitrogen and oxygen atoms in total. The molecule has 2 aliphatic heterocycles. The van der Waals surface area contributed by atoms with Crippen LogP contribution in [-0.2, 0) is 14.3 Å². The number of carbonyl (C=O) groups is 2. The summed E-state index contributed by atoms with van der Waals surface area (Å²) in [5.74, 6) is -0.983. The molecule has 3 heterocycles. The van der Waals surface area contributed by atoms with Gasteiger partial charge >= 0.3 is 5.97 Å². The predicted octanol–water partition coefficient (Wildman–Crippen LogP) is 1.11. The van der Waals surface area contributed by atoms with Gasteiger partial charge in [0.05, 0.1) is 13.2 Å². The number of amides is 1. The zero-order valence-corrected chi connectivity index (χ0v) is 19.2. The highest BCUT2D eigenvalue weighted by Crippen LogP contribution is 2.36. The third-order valence-corrected chi connectivity index (χ3v) is 5.67. The number of nitrogens with one attached hydrogen (secondary N) is 1. The van der Waals surface area contributed by atoms with Gasteiger partial charge in [-0.3, -0.25) is 14.9 Å². The normalized spacial score (nSPS) is 20.4. The van der Waals surface area contributed by atoms with E-state index in [9.17, 15) is 14.7 Å². The first-order valence-electron chi connectivity index (χ1n) is 11.3. The molecule has 1 fully saturated rings. The topological polar surface area (TPSA) is 129 Å². The van der Waals surface area contributed by atoms with E-state index in [1.165, 1.54) is 6.07 Å². The summed E-state index contributed by atoms with van der Waals surface area (Å²) in [6.45, 7) is 6.48. The number of hydrogen-bond donors (Lipinski definition) is 2. The number of guanidine groups is 1. The Bertz CT molecular complexity index is 1060. The van der Waals surface area contributed by atoms with Crippen molar-refractivity contribution in [3.8, 4) is 11.5 Å². The summed E-state index contributed by atoms with van der Waals surface area (Å²) in [6, 6.07) is 5.67. The lowest BCUT2D eigenvalue weighted by Gasteiger charge is -2.38. The highest BCUT2D eigenvalue weighted by atomic mass is 16.5. The van der Waals surface area contributed by atoms with Crippen LogP contribution >= 0.6 is 0 Å². The highest BCUT2D eigenvalue weighted by Gasteiger charge is 2.42. The number of aromatic nitrogens is 2. The smallest absolute Gasteiger partial charge is 0.321 e. The molecule has 0 aliphatic carbocycles. The van der Waals surface area contributed by atoms with Crippen LogP contribution in [0.15, 0.2) is 41.7 Å². The van der Waals surface area contributed by atoms with Gasteiger partial charge in [-0.2, -0.15) is 0 Å². The number of rotatable bonds is 6. The first kappa shape index (κ1) is 23.3. The number of phenolic OH excluding ortho intramolecular Hbond substituents is 1. The maximum atomic E-state index is 13.1. The van der Waals surface area contributed by atoms with E-state index in [0.717, 1.165) is 0 Å². The molecule has 0 radical (unpaired) electrons. The summed E-state index contributed by atoms with van der Waals surface area (Å²) in [5.41, 5.74) is 0.572. The molecule has 1 aromatic heterocycles. The van der Waals surface area contributed by atoms with E-state index in [1.54, 1.807) is 44.4 Å². The highest BCUT2D eigenvalue weighted by molar-refractivity contribution is 6.08. The quantitative estimate of drug-likeness (QED) is 0.473. The number of anilines is 1. The fraction of sp³-hybridized carbons (Fsp3) is 0.435. The number of esters is 1. The SMILES string of the molecule is CCOC(=O)[C@H]1C(=O)NC(N2CCN(c3ncccn3)CC2)=N[C@@H]1c1ccc(O)c(OCC)c1. The lowest BCUT2D eigenvalue weighted by atomic mass is 9.91. The van der Waals surface area contributed by atoms with Gasteiger partial charge in [-0.05, 0) is 37.6 Å². The molecule has 2 aliphatic rings. The van der Waals surface area contributed by atoms with E-state index in [0.29, 0.717) is 50.3 Å². The monoisotopic (exact) mass is 468 g/mol. The Kier molecular flexibility index (Phi) is 7.09. The largest absolute Gasteiger partial charge is 0.504 e. The molecular weight excluding hydrogens is 440 g/mol. The number of hydrogen-bond acceptors (Lipinski definition) is 10. The molecule has 1 saturated heterocycles. The Morgan fingerprint density at radius 2 is 1.82 bits per heavy atom. The van der Waals surface area contributed by atoms with Crippen molar-refractivity contribution in [2.45, 2.75) is 19.9 Å². The zero-order valence-electron chi connectivity index (χ0n) is 19.2. The summed E-state index contributed by atoms with van der Waals surface area (Å²) in [4.78, 5) is 43.1. The van der Waals surface area contributed by atoms with Crippen molar-refractivity contribution in [3.05, 3.63) is 42.2 Å². The number of phenols is 1. The van der Waals surface area contributed by atoms with Crippen LogP contribution in [0, 0.1) is 5.92 Å². The van der Waals surface area contributed by atoms with Crippen molar-refractivity contribution in [2.24, 2.45) is 10.9 Å². The Morgan fingerprint density at radius 1 is 1.12 bits per heavy atom. The van der Waals surface area contributed by atoms with Crippen LogP contribution in [-0.4, -0.2) is 77.2 Å². The van der Waals surface area contributed by atoms with Gasteiger partial charge in [0.2, 0.25) is 17.8 Å². The van der Waals surface area contributed by atoms with Gasteiger partial charge in [-0.1, -0.05) is 6.07 Å². The van der Waals surface area contributed by atoms with E-state index in [-0.39, 0.29) is 18.1 Å². The van der Waals surface area contributed by atoms with Gasteiger partial charge < -0.3 is 24.4 Å². The Morgan fingerprint density at radius 3 is 2.50 bits per heavy atom. The second-order valence-corrected chi connectivity index (χ2v) is 7.80. The van der Waals surface area contributed by atoms with Crippen molar-refractivity contribution >= 4 is 23.8 Å². The van der Waals surface area contributed by atoms with E-state index in [1.807, 2.05) is 4.90 Å². The van der Waals surface area contributed by atoms with Gasteiger partial charge in [0.25, 0.3) is 0 Å². The minimum Gasteiger partial charge on any atom is -0.504 e. The molecule has 180 valence electrons. The second-order valence-electron chi connectivity index (χ2n) is 7.80. The molecular formula is C23H28N6O5. The van der Waals surface area contributed by atoms with E-state index in [4.69, 9.17) is 14.5 Å². The molecule has 0 bridgehead atoms. The lowest BCUT2D eigenvalue weighted by Crippen LogP contribution is -2.57. The number of aliphatic imine (C=N–C) groups is 1. The van der Waals surface area contributed by atoms with Crippen LogP contribution < -0.4 is 15.0 Å². The average molecular weight is 469 g/mol. The minimum atomic E-state index is -1.15. The number of ether oxygens (including phenoxy) is 2. The zero-order chi connectivity index (χ0) is 24.1. The second kappa shape index (κ2) is 10.4. The fourth-order valence-electron chi connectivity index (χ4n) is 4.02.